The van der Waals surface area contributed by atoms with E-state index in [0.29, 0.717) is 43.6 Å². The molecule has 1 heterocycles. The van der Waals surface area contributed by atoms with E-state index in [1.165, 1.54) is 89.9 Å². The van der Waals surface area contributed by atoms with Crippen molar-refractivity contribution >= 4 is 11.9 Å². The van der Waals surface area contributed by atoms with Gasteiger partial charge in [-0.1, -0.05) is 173 Å². The van der Waals surface area contributed by atoms with E-state index in [-0.39, 0.29) is 18.0 Å². The molecule has 0 spiro atoms. The summed E-state index contributed by atoms with van der Waals surface area (Å²) in [6.45, 7) is 30.0. The summed E-state index contributed by atoms with van der Waals surface area (Å²) in [5.41, 5.74) is 0. The lowest BCUT2D eigenvalue weighted by atomic mass is 9.88. The third-order valence-electron chi connectivity index (χ3n) is 11.5. The fraction of sp³-hybridized carbons (Fsp3) is 0.906. The molecule has 0 radical (unpaired) electrons. The number of carbonyl (C=O) groups is 2. The molecule has 1 rings (SSSR count). The zero-order chi connectivity index (χ0) is 46.5. The van der Waals surface area contributed by atoms with E-state index in [0.717, 1.165) is 76.4 Å². The molecule has 8 nitrogen and oxygen atoms in total. The molecule has 1 aromatic heterocycles. The molecule has 0 saturated heterocycles. The number of hydrogen-bond acceptors (Lipinski definition) is 7. The Bertz CT molecular complexity index is 1020. The number of aliphatic hydroxyl groups excluding tert-OH is 1. The normalized spacial score (nSPS) is 13.4. The average molecular weight is 867 g/mol. The van der Waals surface area contributed by atoms with Crippen LogP contribution in [0.5, 0.6) is 0 Å². The molecule has 0 bridgehead atoms. The predicted octanol–water partition coefficient (Wildman–Crippen LogP) is 15.7. The number of imidazole rings is 1. The molecule has 5 unspecified atom stereocenters. The highest BCUT2D eigenvalue weighted by Gasteiger charge is 2.18. The van der Waals surface area contributed by atoms with Crippen LogP contribution in [0.3, 0.4) is 0 Å². The quantitative estimate of drug-likeness (QED) is 0.0404. The SMILES string of the molecule is CC.CC.CCCC(CCC(C)C)COC(O)CC.CCCCCCC(CCCCCCCCCCC(=O)OCC(CCC(C)CC)C(C)C)OC(=O)CCCn1ccnc1. The summed E-state index contributed by atoms with van der Waals surface area (Å²) in [5.74, 6) is 3.09. The summed E-state index contributed by atoms with van der Waals surface area (Å²) >= 11 is 0. The van der Waals surface area contributed by atoms with E-state index < -0.39 is 6.29 Å². The molecule has 364 valence electrons. The van der Waals surface area contributed by atoms with Gasteiger partial charge in [0.2, 0.25) is 0 Å². The molecule has 0 saturated carbocycles. The van der Waals surface area contributed by atoms with E-state index in [2.05, 4.69) is 60.4 Å². The van der Waals surface area contributed by atoms with E-state index in [9.17, 15) is 14.7 Å². The fourth-order valence-electron chi connectivity index (χ4n) is 7.07. The van der Waals surface area contributed by atoms with Crippen LogP contribution in [0, 0.1) is 29.6 Å². The molecule has 1 aromatic rings. The number of unbranched alkanes of at least 4 members (excludes halogenated alkanes) is 10. The number of carbonyl (C=O) groups excluding carboxylic acids is 2. The number of aryl methyl sites for hydroxylation is 1. The van der Waals surface area contributed by atoms with Crippen LogP contribution in [-0.4, -0.2) is 52.2 Å². The Morgan fingerprint density at radius 1 is 0.623 bits per heavy atom. The number of rotatable bonds is 37. The predicted molar refractivity (Wildman–Crippen MR) is 262 cm³/mol. The van der Waals surface area contributed by atoms with E-state index in [1.54, 1.807) is 12.5 Å². The van der Waals surface area contributed by atoms with E-state index in [1.807, 2.05) is 45.4 Å². The first-order chi connectivity index (χ1) is 29.4. The minimum atomic E-state index is -0.566. The van der Waals surface area contributed by atoms with Crippen molar-refractivity contribution in [1.29, 1.82) is 0 Å². The van der Waals surface area contributed by atoms with Crippen LogP contribution in [0.2, 0.25) is 0 Å². The monoisotopic (exact) mass is 867 g/mol. The minimum Gasteiger partial charge on any atom is -0.465 e. The summed E-state index contributed by atoms with van der Waals surface area (Å²) in [5, 5.41) is 9.33. The Hall–Kier alpha value is -1.93. The molecular formula is C53H106N2O6. The Morgan fingerprint density at radius 3 is 1.74 bits per heavy atom. The van der Waals surface area contributed by atoms with Gasteiger partial charge in [0.25, 0.3) is 0 Å². The van der Waals surface area contributed by atoms with Gasteiger partial charge in [0.15, 0.2) is 6.29 Å². The summed E-state index contributed by atoms with van der Waals surface area (Å²) in [6, 6.07) is 0. The third-order valence-corrected chi connectivity index (χ3v) is 11.5. The number of hydrogen-bond donors (Lipinski definition) is 1. The number of aromatic nitrogens is 2. The lowest BCUT2D eigenvalue weighted by Gasteiger charge is -2.22. The smallest absolute Gasteiger partial charge is 0.306 e. The maximum Gasteiger partial charge on any atom is 0.306 e. The second-order valence-corrected chi connectivity index (χ2v) is 17.8. The van der Waals surface area contributed by atoms with E-state index >= 15 is 0 Å². The molecule has 0 aliphatic heterocycles. The van der Waals surface area contributed by atoms with Crippen LogP contribution in [0.15, 0.2) is 18.7 Å². The zero-order valence-electron chi connectivity index (χ0n) is 43.0. The zero-order valence-corrected chi connectivity index (χ0v) is 43.0. The molecule has 0 aromatic carbocycles. The number of aliphatic hydroxyl groups is 1. The highest BCUT2D eigenvalue weighted by atomic mass is 16.6. The van der Waals surface area contributed by atoms with Crippen molar-refractivity contribution in [2.24, 2.45) is 29.6 Å². The summed E-state index contributed by atoms with van der Waals surface area (Å²) in [6.07, 6.45) is 32.0. The second-order valence-electron chi connectivity index (χ2n) is 17.8. The van der Waals surface area contributed by atoms with Gasteiger partial charge in [-0.2, -0.15) is 0 Å². The molecule has 5 atom stereocenters. The maximum atomic E-state index is 12.4. The van der Waals surface area contributed by atoms with Crippen LogP contribution in [0.25, 0.3) is 0 Å². The first-order valence-electron chi connectivity index (χ1n) is 26.1. The molecule has 61 heavy (non-hydrogen) atoms. The Balaban J connectivity index is -0.00000148. The van der Waals surface area contributed by atoms with Crippen molar-refractivity contribution in [3.8, 4) is 0 Å². The summed E-state index contributed by atoms with van der Waals surface area (Å²) < 4.78 is 18.9. The van der Waals surface area contributed by atoms with Crippen LogP contribution < -0.4 is 0 Å². The van der Waals surface area contributed by atoms with Crippen molar-refractivity contribution in [3.05, 3.63) is 18.7 Å². The number of ether oxygens (including phenoxy) is 3. The standard InChI is InChI=1S/C36H66N2O4.C13H28O2.2C2H6/c1-6-8-9-16-20-34(42-36(40)23-19-27-38-28-26-37-30-38)21-17-14-12-10-11-13-15-18-22-35(39)41-29-33(31(3)4)25-24-32(5)7-2;1-5-7-12(9-8-11(3)4)10-15-13(14)6-2;2*1-2/h26,28,30-34H,6-25,27,29H2,1-5H3;11-14H,5-10H2,1-4H3;2*1-2H3. The van der Waals surface area contributed by atoms with Gasteiger partial charge in [-0.05, 0) is 93.8 Å². The van der Waals surface area contributed by atoms with Crippen molar-refractivity contribution in [2.45, 2.75) is 269 Å². The third kappa shape index (κ3) is 43.1. The van der Waals surface area contributed by atoms with E-state index in [4.69, 9.17) is 14.2 Å². The lowest BCUT2D eigenvalue weighted by molar-refractivity contribution is -0.150. The maximum absolute atomic E-state index is 12.4. The van der Waals surface area contributed by atoms with Gasteiger partial charge in [-0.25, -0.2) is 4.98 Å². The van der Waals surface area contributed by atoms with Gasteiger partial charge in [0.05, 0.1) is 19.5 Å². The molecule has 0 fully saturated rings. The largest absolute Gasteiger partial charge is 0.465 e. The lowest BCUT2D eigenvalue weighted by Crippen LogP contribution is -2.19. The molecule has 0 aliphatic rings. The molecular weight excluding hydrogens is 761 g/mol. The average Bonchev–Trinajstić information content (AvgIpc) is 3.78. The van der Waals surface area contributed by atoms with Gasteiger partial charge in [-0.15, -0.1) is 0 Å². The first kappa shape index (κ1) is 63.4. The first-order valence-corrected chi connectivity index (χ1v) is 26.1. The van der Waals surface area contributed by atoms with Crippen LogP contribution in [0.1, 0.15) is 251 Å². The van der Waals surface area contributed by atoms with Crippen LogP contribution in [0.4, 0.5) is 0 Å². The van der Waals surface area contributed by atoms with Crippen molar-refractivity contribution in [1.82, 2.24) is 9.55 Å². The summed E-state index contributed by atoms with van der Waals surface area (Å²) in [7, 11) is 0. The Labute approximate surface area is 380 Å². The van der Waals surface area contributed by atoms with Gasteiger partial charge in [0, 0.05) is 31.8 Å². The topological polar surface area (TPSA) is 99.9 Å². The van der Waals surface area contributed by atoms with Crippen molar-refractivity contribution in [2.75, 3.05) is 13.2 Å². The molecule has 0 aliphatic carbocycles. The van der Waals surface area contributed by atoms with Gasteiger partial charge in [0.1, 0.15) is 6.10 Å². The highest BCUT2D eigenvalue weighted by Crippen LogP contribution is 2.23. The number of esters is 2. The van der Waals surface area contributed by atoms with Crippen molar-refractivity contribution in [3.63, 3.8) is 0 Å². The van der Waals surface area contributed by atoms with Gasteiger partial charge >= 0.3 is 11.9 Å². The number of nitrogens with zero attached hydrogens (tertiary/aromatic N) is 2. The minimum absolute atomic E-state index is 0.0210. The van der Waals surface area contributed by atoms with Gasteiger partial charge < -0.3 is 23.9 Å². The van der Waals surface area contributed by atoms with Crippen LogP contribution >= 0.6 is 0 Å². The van der Waals surface area contributed by atoms with Crippen LogP contribution in [-0.2, 0) is 30.3 Å². The fourth-order valence-corrected chi connectivity index (χ4v) is 7.07. The Morgan fingerprint density at radius 2 is 1.21 bits per heavy atom. The summed E-state index contributed by atoms with van der Waals surface area (Å²) in [4.78, 5) is 28.7. The molecule has 1 N–H and O–H groups in total. The van der Waals surface area contributed by atoms with Crippen molar-refractivity contribution < 1.29 is 28.9 Å². The molecule has 8 heteroatoms. The highest BCUT2D eigenvalue weighted by molar-refractivity contribution is 5.69. The Kier molecular flexibility index (Phi) is 49.4. The second kappa shape index (κ2) is 47.5. The van der Waals surface area contributed by atoms with Gasteiger partial charge in [-0.3, -0.25) is 9.59 Å². The molecule has 0 amide bonds.